The van der Waals surface area contributed by atoms with Gasteiger partial charge in [-0.1, -0.05) is 82.5 Å². The van der Waals surface area contributed by atoms with Crippen LogP contribution in [0.4, 0.5) is 5.69 Å². The minimum atomic E-state index is -1.57. The zero-order valence-electron chi connectivity index (χ0n) is 25.9. The number of amides is 1. The number of aliphatic imine (C=N–C) groups is 1. The topological polar surface area (TPSA) is 178 Å². The van der Waals surface area contributed by atoms with Gasteiger partial charge in [-0.05, 0) is 70.6 Å². The minimum Gasteiger partial charge on any atom is -0.494 e. The van der Waals surface area contributed by atoms with Gasteiger partial charge in [0.05, 0.1) is 13.2 Å². The molecule has 0 aliphatic carbocycles. The summed E-state index contributed by atoms with van der Waals surface area (Å²) in [6.07, 6.45) is 0.123. The third-order valence-corrected chi connectivity index (χ3v) is 8.15. The number of azide groups is 2. The maximum Gasteiger partial charge on any atom is 0.252 e. The van der Waals surface area contributed by atoms with Crippen LogP contribution in [0.1, 0.15) is 40.3 Å². The highest BCUT2D eigenvalue weighted by Crippen LogP contribution is 2.45. The number of nitrogens with zero attached hydrogens (tertiary/aromatic N) is 7. The summed E-state index contributed by atoms with van der Waals surface area (Å²) in [7, 11) is 0. The zero-order chi connectivity index (χ0) is 33.8. The molecule has 0 bridgehead atoms. The second kappa shape index (κ2) is 16.4. The first-order chi connectivity index (χ1) is 23.5. The lowest BCUT2D eigenvalue weighted by molar-refractivity contribution is -0.128. The summed E-state index contributed by atoms with van der Waals surface area (Å²) in [5.74, 6) is 0.432. The van der Waals surface area contributed by atoms with Gasteiger partial charge in [0.1, 0.15) is 5.75 Å². The maximum absolute atomic E-state index is 14.6. The lowest BCUT2D eigenvalue weighted by Gasteiger charge is -2.32. The minimum absolute atomic E-state index is 0.0251. The van der Waals surface area contributed by atoms with Crippen LogP contribution in [-0.2, 0) is 28.9 Å². The number of aliphatic hydroxyl groups excluding tert-OH is 1. The van der Waals surface area contributed by atoms with E-state index in [0.29, 0.717) is 53.6 Å². The van der Waals surface area contributed by atoms with Crippen LogP contribution in [-0.4, -0.2) is 42.2 Å². The number of rotatable bonds is 15. The Morgan fingerprint density at radius 3 is 2.44 bits per heavy atom. The van der Waals surface area contributed by atoms with E-state index >= 15 is 0 Å². The second-order valence-corrected chi connectivity index (χ2v) is 11.4. The molecule has 4 aromatic rings. The monoisotopic (exact) mass is 664 g/mol. The van der Waals surface area contributed by atoms with Crippen LogP contribution in [0.2, 0.25) is 5.02 Å². The van der Waals surface area contributed by atoms with E-state index in [0.717, 1.165) is 16.7 Å². The van der Waals surface area contributed by atoms with Crippen LogP contribution < -0.4 is 10.1 Å². The van der Waals surface area contributed by atoms with Crippen molar-refractivity contribution in [3.8, 4) is 5.75 Å². The van der Waals surface area contributed by atoms with E-state index < -0.39 is 17.6 Å². The molecule has 12 nitrogen and oxygen atoms in total. The molecule has 2 N–H and O–H groups in total. The van der Waals surface area contributed by atoms with Crippen molar-refractivity contribution in [2.45, 2.75) is 37.5 Å². The smallest absolute Gasteiger partial charge is 0.252 e. The fourth-order valence-corrected chi connectivity index (χ4v) is 5.64. The van der Waals surface area contributed by atoms with Crippen LogP contribution in [0.25, 0.3) is 20.9 Å². The molecule has 4 aromatic carbocycles. The Morgan fingerprint density at radius 2 is 1.71 bits per heavy atom. The zero-order valence-corrected chi connectivity index (χ0v) is 26.7. The highest BCUT2D eigenvalue weighted by Gasteiger charge is 2.54. The summed E-state index contributed by atoms with van der Waals surface area (Å²) in [4.78, 5) is 25.6. The molecule has 1 aliphatic rings. The van der Waals surface area contributed by atoms with Gasteiger partial charge in [-0.3, -0.25) is 4.79 Å². The van der Waals surface area contributed by atoms with Crippen molar-refractivity contribution in [3.05, 3.63) is 151 Å². The molecule has 1 amide bonds. The van der Waals surface area contributed by atoms with Crippen molar-refractivity contribution in [2.75, 3.05) is 19.8 Å². The van der Waals surface area contributed by atoms with Gasteiger partial charge in [0.25, 0.3) is 5.91 Å². The van der Waals surface area contributed by atoms with Crippen molar-refractivity contribution < 1.29 is 19.4 Å². The quantitative estimate of drug-likeness (QED) is 0.0572. The van der Waals surface area contributed by atoms with E-state index in [1.807, 2.05) is 36.4 Å². The average Bonchev–Trinajstić information content (AvgIpc) is 3.49. The number of carbonyl (C=O) groups excluding carboxylic acids is 1. The average molecular weight is 665 g/mol. The number of hydrogen-bond acceptors (Lipinski definition) is 7. The van der Waals surface area contributed by atoms with E-state index in [2.05, 4.69) is 25.4 Å². The van der Waals surface area contributed by atoms with E-state index in [4.69, 9.17) is 36.7 Å². The summed E-state index contributed by atoms with van der Waals surface area (Å²) in [6.45, 7) is 0.769. The number of ether oxygens (including phenoxy) is 2. The van der Waals surface area contributed by atoms with Gasteiger partial charge in [-0.15, -0.1) is 0 Å². The molecule has 13 heteroatoms. The van der Waals surface area contributed by atoms with Crippen molar-refractivity contribution in [3.63, 3.8) is 0 Å². The van der Waals surface area contributed by atoms with Crippen molar-refractivity contribution in [1.82, 2.24) is 5.32 Å². The van der Waals surface area contributed by atoms with Crippen LogP contribution in [0, 0.1) is 0 Å². The van der Waals surface area contributed by atoms with Gasteiger partial charge >= 0.3 is 0 Å². The van der Waals surface area contributed by atoms with Crippen LogP contribution in [0.5, 0.6) is 5.75 Å². The molecule has 0 saturated carbocycles. The highest BCUT2D eigenvalue weighted by molar-refractivity contribution is 6.30. The Balaban J connectivity index is 1.60. The molecule has 1 aliphatic heterocycles. The normalized spacial score (nSPS) is 16.5. The van der Waals surface area contributed by atoms with Crippen molar-refractivity contribution in [2.24, 2.45) is 15.2 Å². The van der Waals surface area contributed by atoms with E-state index in [1.54, 1.807) is 60.7 Å². The molecule has 1 heterocycles. The Morgan fingerprint density at radius 1 is 0.979 bits per heavy atom. The van der Waals surface area contributed by atoms with Crippen LogP contribution in [0.15, 0.2) is 112 Å². The van der Waals surface area contributed by atoms with Gasteiger partial charge in [0.2, 0.25) is 5.90 Å². The Kier molecular flexibility index (Phi) is 11.5. The first-order valence-corrected chi connectivity index (χ1v) is 15.7. The summed E-state index contributed by atoms with van der Waals surface area (Å²) in [6, 6.07) is 28.8. The predicted molar refractivity (Wildman–Crippen MR) is 183 cm³/mol. The van der Waals surface area contributed by atoms with E-state index in [-0.39, 0.29) is 25.5 Å². The van der Waals surface area contributed by atoms with Gasteiger partial charge in [0.15, 0.2) is 11.6 Å². The maximum atomic E-state index is 14.6. The highest BCUT2D eigenvalue weighted by atomic mass is 35.5. The fourth-order valence-electron chi connectivity index (χ4n) is 5.51. The molecule has 0 aromatic heterocycles. The van der Waals surface area contributed by atoms with Crippen molar-refractivity contribution in [1.29, 1.82) is 0 Å². The van der Waals surface area contributed by atoms with Crippen LogP contribution >= 0.6 is 11.6 Å². The Bertz CT molecular complexity index is 1860. The summed E-state index contributed by atoms with van der Waals surface area (Å²) in [5, 5.41) is 20.5. The summed E-state index contributed by atoms with van der Waals surface area (Å²) < 4.78 is 12.3. The number of carbonyl (C=O) groups is 1. The number of hydrogen-bond donors (Lipinski definition) is 2. The molecule has 2 atom stereocenters. The molecule has 0 saturated heterocycles. The van der Waals surface area contributed by atoms with E-state index in [1.165, 1.54) is 0 Å². The molecule has 244 valence electrons. The van der Waals surface area contributed by atoms with Crippen molar-refractivity contribution >= 4 is 29.1 Å². The molecule has 0 radical (unpaired) electrons. The molecule has 5 rings (SSSR count). The molecular weight excluding hydrogens is 632 g/mol. The van der Waals surface area contributed by atoms with Crippen LogP contribution in [0.3, 0.4) is 0 Å². The largest absolute Gasteiger partial charge is 0.494 e. The Hall–Kier alpha value is -5.51. The number of aliphatic hydroxyl groups is 1. The molecule has 0 spiro atoms. The third kappa shape index (κ3) is 8.06. The molecule has 48 heavy (non-hydrogen) atoms. The lowest BCUT2D eigenvalue weighted by Crippen LogP contribution is -2.50. The predicted octanol–water partition coefficient (Wildman–Crippen LogP) is 7.71. The summed E-state index contributed by atoms with van der Waals surface area (Å²) >= 11 is 6.06. The van der Waals surface area contributed by atoms with Gasteiger partial charge in [0, 0.05) is 57.7 Å². The first-order valence-electron chi connectivity index (χ1n) is 15.3. The number of benzene rings is 4. The number of halogens is 1. The SMILES string of the molecule is [N-]=[N+]=NCc1ccccc1C[C@@]1(C(=O)NCCc2ccc(Cl)cc2)N=C(c2ccc(OCCCO)cc2)O[C@@H]1c1ccccc1N=[N+]=[N-]. The molecular formula is C35H33ClN8O4. The van der Waals surface area contributed by atoms with Gasteiger partial charge in [-0.2, -0.15) is 0 Å². The standard InChI is InChI=1S/C35H33ClN8O4/c36-28-14-10-24(11-15-28)18-19-39-34(46)35(22-26-6-1-2-7-27(26)23-40-43-37)32(30-8-3-4-9-31(30)42-44-38)48-33(41-35)25-12-16-29(17-13-25)47-21-5-20-45/h1-4,6-17,32,45H,5,18-23H2,(H,39,46)/t32-,35-/m1/s1. The third-order valence-electron chi connectivity index (χ3n) is 7.90. The van der Waals surface area contributed by atoms with E-state index in [9.17, 15) is 10.3 Å². The molecule has 0 unspecified atom stereocenters. The summed E-state index contributed by atoms with van der Waals surface area (Å²) in [5.41, 5.74) is 20.7. The fraction of sp³-hybridized carbons (Fsp3) is 0.257. The first kappa shape index (κ1) is 33.8. The van der Waals surface area contributed by atoms with Gasteiger partial charge in [-0.25, -0.2) is 4.99 Å². The Labute approximate surface area is 282 Å². The molecule has 0 fully saturated rings. The second-order valence-electron chi connectivity index (χ2n) is 11.0. The van der Waals surface area contributed by atoms with Gasteiger partial charge < -0.3 is 19.9 Å². The lowest BCUT2D eigenvalue weighted by atomic mass is 9.80. The number of nitrogens with one attached hydrogen (secondary N) is 1.